The molecule has 0 aliphatic rings. The topological polar surface area (TPSA) is 211 Å². The first-order valence-corrected chi connectivity index (χ1v) is 10.6. The Morgan fingerprint density at radius 1 is 0.771 bits per heavy atom. The molecule has 0 radical (unpaired) electrons. The van der Waals surface area contributed by atoms with E-state index >= 15 is 0 Å². The van der Waals surface area contributed by atoms with Gasteiger partial charge in [0.2, 0.25) is 17.7 Å². The minimum absolute atomic E-state index is 0.00145. The van der Waals surface area contributed by atoms with Crippen LogP contribution in [0.15, 0.2) is 48.5 Å². The van der Waals surface area contributed by atoms with E-state index in [-0.39, 0.29) is 24.3 Å². The van der Waals surface area contributed by atoms with E-state index in [1.165, 1.54) is 48.5 Å². The number of aromatic hydroxyl groups is 2. The fourth-order valence-corrected chi connectivity index (χ4v) is 3.04. The molecule has 2 aromatic rings. The summed E-state index contributed by atoms with van der Waals surface area (Å²) in [5, 5.41) is 44.4. The van der Waals surface area contributed by atoms with Crippen LogP contribution in [0.4, 0.5) is 0 Å². The minimum atomic E-state index is -1.33. The normalized spacial score (nSPS) is 13.2. The van der Waals surface area contributed by atoms with E-state index in [0.29, 0.717) is 11.1 Å². The minimum Gasteiger partial charge on any atom is -0.508 e. The molecule has 12 nitrogen and oxygen atoms in total. The molecule has 0 fully saturated rings. The van der Waals surface area contributed by atoms with Crippen LogP contribution in [0.1, 0.15) is 11.1 Å². The van der Waals surface area contributed by atoms with Gasteiger partial charge < -0.3 is 42.1 Å². The van der Waals surface area contributed by atoms with Crippen LogP contribution in [0.5, 0.6) is 11.5 Å². The van der Waals surface area contributed by atoms with Gasteiger partial charge in [0.1, 0.15) is 29.6 Å². The summed E-state index contributed by atoms with van der Waals surface area (Å²) < 4.78 is 0. The number of rotatable bonds is 12. The summed E-state index contributed by atoms with van der Waals surface area (Å²) in [6, 6.07) is 7.94. The van der Waals surface area contributed by atoms with Crippen molar-refractivity contribution in [2.24, 2.45) is 5.73 Å². The van der Waals surface area contributed by atoms with Gasteiger partial charge in [0.05, 0.1) is 13.2 Å². The molecule has 0 aromatic heterocycles. The number of phenols is 2. The van der Waals surface area contributed by atoms with Crippen LogP contribution < -0.4 is 21.7 Å². The molecule has 0 unspecified atom stereocenters. The highest BCUT2D eigenvalue weighted by Gasteiger charge is 2.27. The molecule has 12 heteroatoms. The number of carboxylic acid groups (broad SMARTS) is 1. The highest BCUT2D eigenvalue weighted by atomic mass is 16.4. The summed E-state index contributed by atoms with van der Waals surface area (Å²) in [6.45, 7) is -1.14. The van der Waals surface area contributed by atoms with Crippen molar-refractivity contribution < 1.29 is 39.6 Å². The lowest BCUT2D eigenvalue weighted by Gasteiger charge is -2.22. The van der Waals surface area contributed by atoms with Crippen LogP contribution in [-0.2, 0) is 32.0 Å². The Hall–Kier alpha value is -4.16. The predicted octanol–water partition coefficient (Wildman–Crippen LogP) is -1.63. The summed E-state index contributed by atoms with van der Waals surface area (Å²) in [5.74, 6) is -3.58. The maximum atomic E-state index is 13.0. The van der Waals surface area contributed by atoms with Crippen LogP contribution in [-0.4, -0.2) is 75.4 Å². The zero-order chi connectivity index (χ0) is 26.0. The molecule has 2 aromatic carbocycles. The number of benzene rings is 2. The lowest BCUT2D eigenvalue weighted by atomic mass is 10.0. The van der Waals surface area contributed by atoms with Crippen LogP contribution in [0.3, 0.4) is 0 Å². The van der Waals surface area contributed by atoms with Crippen molar-refractivity contribution in [3.63, 3.8) is 0 Å². The van der Waals surface area contributed by atoms with Gasteiger partial charge in [-0.2, -0.15) is 0 Å². The summed E-state index contributed by atoms with van der Waals surface area (Å²) in [4.78, 5) is 48.8. The molecule has 0 aliphatic heterocycles. The number of aliphatic hydroxyl groups is 1. The largest absolute Gasteiger partial charge is 0.508 e. The number of carbonyl (C=O) groups is 4. The van der Waals surface area contributed by atoms with Gasteiger partial charge in [-0.1, -0.05) is 24.3 Å². The van der Waals surface area contributed by atoms with Crippen LogP contribution >= 0.6 is 0 Å². The molecule has 188 valence electrons. The lowest BCUT2D eigenvalue weighted by molar-refractivity contribution is -0.142. The van der Waals surface area contributed by atoms with E-state index < -0.39 is 55.0 Å². The number of hydrogen-bond donors (Lipinski definition) is 8. The smallest absolute Gasteiger partial charge is 0.326 e. The van der Waals surface area contributed by atoms with Crippen molar-refractivity contribution in [3.8, 4) is 11.5 Å². The Morgan fingerprint density at radius 2 is 1.26 bits per heavy atom. The number of phenolic OH excluding ortho intramolecular Hbond substituents is 2. The Balaban J connectivity index is 2.13. The number of hydrogen-bond acceptors (Lipinski definition) is 8. The second-order valence-corrected chi connectivity index (χ2v) is 7.77. The average Bonchev–Trinajstić information content (AvgIpc) is 2.83. The van der Waals surface area contributed by atoms with Gasteiger partial charge in [0, 0.05) is 12.8 Å². The van der Waals surface area contributed by atoms with Crippen molar-refractivity contribution in [3.05, 3.63) is 59.7 Å². The molecule has 0 spiro atoms. The third-order valence-corrected chi connectivity index (χ3v) is 4.98. The maximum absolute atomic E-state index is 13.0. The van der Waals surface area contributed by atoms with Gasteiger partial charge in [0.25, 0.3) is 0 Å². The molecular formula is C23H28N4O8. The molecule has 0 saturated heterocycles. The van der Waals surface area contributed by atoms with Crippen molar-refractivity contribution in [1.82, 2.24) is 16.0 Å². The van der Waals surface area contributed by atoms with E-state index in [9.17, 15) is 34.5 Å². The molecule has 9 N–H and O–H groups in total. The van der Waals surface area contributed by atoms with Crippen LogP contribution in [0.25, 0.3) is 0 Å². The number of nitrogens with one attached hydrogen (secondary N) is 3. The van der Waals surface area contributed by atoms with Crippen molar-refractivity contribution in [2.75, 3.05) is 13.2 Å². The van der Waals surface area contributed by atoms with Gasteiger partial charge in [-0.15, -0.1) is 0 Å². The van der Waals surface area contributed by atoms with Crippen molar-refractivity contribution >= 4 is 23.7 Å². The number of aliphatic hydroxyl groups excluding tert-OH is 1. The first-order chi connectivity index (χ1) is 16.6. The fourth-order valence-electron chi connectivity index (χ4n) is 3.04. The molecule has 3 amide bonds. The Labute approximate surface area is 200 Å². The molecular weight excluding hydrogens is 460 g/mol. The molecule has 0 bridgehead atoms. The highest BCUT2D eigenvalue weighted by Crippen LogP contribution is 2.13. The molecule has 0 heterocycles. The number of nitrogens with two attached hydrogens (primary N) is 1. The number of amides is 3. The highest BCUT2D eigenvalue weighted by molar-refractivity contribution is 5.92. The fraction of sp³-hybridized carbons (Fsp3) is 0.304. The standard InChI is InChI=1S/C23H28N4O8/c24-17(12-28)21(32)25-11-20(31)26-18(9-13-1-5-15(29)6-2-13)22(33)27-19(23(34)35)10-14-3-7-16(30)8-4-14/h1-8,17-19,28-30H,9-12,24H2,(H,25,32)(H,26,31)(H,27,33)(H,34,35)/t17-,18-,19-/m0/s1. The molecule has 3 atom stereocenters. The van der Waals surface area contributed by atoms with E-state index in [4.69, 9.17) is 10.8 Å². The number of carboxylic acids is 1. The van der Waals surface area contributed by atoms with Gasteiger partial charge in [-0.3, -0.25) is 14.4 Å². The van der Waals surface area contributed by atoms with Crippen molar-refractivity contribution in [1.29, 1.82) is 0 Å². The van der Waals surface area contributed by atoms with Gasteiger partial charge in [-0.05, 0) is 35.4 Å². The Kier molecular flexibility index (Phi) is 9.99. The van der Waals surface area contributed by atoms with E-state index in [1.54, 1.807) is 0 Å². The van der Waals surface area contributed by atoms with E-state index in [0.717, 1.165) is 0 Å². The maximum Gasteiger partial charge on any atom is 0.326 e. The summed E-state index contributed by atoms with van der Waals surface area (Å²) in [6.07, 6.45) is -0.107. The first kappa shape index (κ1) is 27.1. The Morgan fingerprint density at radius 3 is 1.71 bits per heavy atom. The third-order valence-electron chi connectivity index (χ3n) is 4.98. The lowest BCUT2D eigenvalue weighted by Crippen LogP contribution is -2.55. The summed E-state index contributed by atoms with van der Waals surface area (Å²) >= 11 is 0. The first-order valence-electron chi connectivity index (χ1n) is 10.6. The third kappa shape index (κ3) is 8.95. The van der Waals surface area contributed by atoms with Crippen molar-refractivity contribution in [2.45, 2.75) is 31.0 Å². The SMILES string of the molecule is N[C@@H](CO)C(=O)NCC(=O)N[C@@H](Cc1ccc(O)cc1)C(=O)N[C@@H](Cc1ccc(O)cc1)C(=O)O. The van der Waals surface area contributed by atoms with Crippen LogP contribution in [0.2, 0.25) is 0 Å². The van der Waals surface area contributed by atoms with Gasteiger partial charge >= 0.3 is 5.97 Å². The Bertz CT molecular complexity index is 1030. The predicted molar refractivity (Wildman–Crippen MR) is 123 cm³/mol. The second kappa shape index (κ2) is 12.9. The van der Waals surface area contributed by atoms with Gasteiger partial charge in [0.15, 0.2) is 0 Å². The average molecular weight is 488 g/mol. The van der Waals surface area contributed by atoms with Gasteiger partial charge in [-0.25, -0.2) is 4.79 Å². The second-order valence-electron chi connectivity index (χ2n) is 7.77. The number of carbonyl (C=O) groups excluding carboxylic acids is 3. The monoisotopic (exact) mass is 488 g/mol. The zero-order valence-electron chi connectivity index (χ0n) is 18.7. The number of aliphatic carboxylic acids is 1. The molecule has 0 aliphatic carbocycles. The zero-order valence-corrected chi connectivity index (χ0v) is 18.7. The van der Waals surface area contributed by atoms with E-state index in [2.05, 4.69) is 16.0 Å². The quantitative estimate of drug-likeness (QED) is 0.172. The molecule has 2 rings (SSSR count). The van der Waals surface area contributed by atoms with Crippen LogP contribution in [0, 0.1) is 0 Å². The summed E-state index contributed by atoms with van der Waals surface area (Å²) in [7, 11) is 0. The molecule has 0 saturated carbocycles. The summed E-state index contributed by atoms with van der Waals surface area (Å²) in [5.41, 5.74) is 6.50. The van der Waals surface area contributed by atoms with E-state index in [1.807, 2.05) is 0 Å². The molecule has 35 heavy (non-hydrogen) atoms.